The number of thiol groups is 1. The van der Waals surface area contributed by atoms with Crippen LogP contribution in [0, 0.1) is 0 Å². The van der Waals surface area contributed by atoms with E-state index in [-0.39, 0.29) is 37.9 Å². The Morgan fingerprint density at radius 2 is 1.54 bits per heavy atom. The fraction of sp³-hybridized carbons (Fsp3) is 0.526. The first-order chi connectivity index (χ1) is 16.4. The second kappa shape index (κ2) is 14.6. The van der Waals surface area contributed by atoms with E-state index in [9.17, 15) is 33.9 Å². The van der Waals surface area contributed by atoms with Crippen molar-refractivity contribution in [3.63, 3.8) is 0 Å². The third-order valence-corrected chi connectivity index (χ3v) is 5.09. The van der Waals surface area contributed by atoms with Crippen LogP contribution in [0.15, 0.2) is 12.5 Å². The van der Waals surface area contributed by atoms with Crippen molar-refractivity contribution in [1.82, 2.24) is 25.9 Å². The van der Waals surface area contributed by atoms with Gasteiger partial charge in [0.05, 0.1) is 12.4 Å². The molecule has 4 amide bonds. The lowest BCUT2D eigenvalue weighted by Crippen LogP contribution is -2.58. The molecule has 0 fully saturated rings. The first-order valence-corrected chi connectivity index (χ1v) is 11.1. The summed E-state index contributed by atoms with van der Waals surface area (Å²) >= 11 is 4.02. The summed E-state index contributed by atoms with van der Waals surface area (Å²) in [4.78, 5) is 77.6. The number of hydrogen-bond donors (Lipinski definition) is 9. The largest absolute Gasteiger partial charge is 0.481 e. The highest BCUT2D eigenvalue weighted by Gasteiger charge is 2.30. The molecule has 15 nitrogen and oxygen atoms in total. The molecular weight excluding hydrogens is 486 g/mol. The zero-order valence-corrected chi connectivity index (χ0v) is 19.5. The predicted molar refractivity (Wildman–Crippen MR) is 123 cm³/mol. The minimum Gasteiger partial charge on any atom is -0.481 e. The number of aliphatic carboxylic acids is 2. The van der Waals surface area contributed by atoms with E-state index in [0.29, 0.717) is 5.69 Å². The number of carbonyl (C=O) groups is 6. The van der Waals surface area contributed by atoms with Gasteiger partial charge in [-0.05, 0) is 12.8 Å². The number of nitrogens with zero attached hydrogens (tertiary/aromatic N) is 1. The molecule has 16 heteroatoms. The number of nitrogens with one attached hydrogen (secondary N) is 4. The molecule has 194 valence electrons. The molecule has 0 aliphatic rings. The Morgan fingerprint density at radius 1 is 0.943 bits per heavy atom. The van der Waals surface area contributed by atoms with Gasteiger partial charge in [-0.2, -0.15) is 12.6 Å². The summed E-state index contributed by atoms with van der Waals surface area (Å²) in [6.45, 7) is 0. The standard InChI is InChI=1S/C19H29N7O8S/c20-10(1-4-15(28)29)16(30)24-11(2-3-14(21)27)17(31)26-13(7-35)18(32)25-12(19(33)34)5-9-6-22-8-23-9/h6,8,10-13,35H,1-5,7,20H2,(H2,21,27)(H,22,23)(H,24,30)(H,25,32)(H,26,31)(H,28,29)(H,33,34). The summed E-state index contributed by atoms with van der Waals surface area (Å²) in [7, 11) is 0. The Kier molecular flexibility index (Phi) is 12.2. The van der Waals surface area contributed by atoms with Crippen LogP contribution in [0.5, 0.6) is 0 Å². The van der Waals surface area contributed by atoms with E-state index in [1.165, 1.54) is 12.5 Å². The number of carboxylic acid groups (broad SMARTS) is 2. The van der Waals surface area contributed by atoms with Gasteiger partial charge in [0.1, 0.15) is 18.1 Å². The minimum absolute atomic E-state index is 0.0974. The molecule has 1 aromatic rings. The van der Waals surface area contributed by atoms with Gasteiger partial charge < -0.3 is 42.6 Å². The number of primary amides is 1. The van der Waals surface area contributed by atoms with Crippen LogP contribution >= 0.6 is 12.6 Å². The molecule has 0 saturated carbocycles. The molecule has 0 aliphatic heterocycles. The topological polar surface area (TPSA) is 260 Å². The van der Waals surface area contributed by atoms with E-state index in [2.05, 4.69) is 38.5 Å². The quantitative estimate of drug-likeness (QED) is 0.1000. The third kappa shape index (κ3) is 10.9. The Hall–Kier alpha value is -3.66. The van der Waals surface area contributed by atoms with Crippen LogP contribution in [0.25, 0.3) is 0 Å². The molecule has 1 heterocycles. The first kappa shape index (κ1) is 29.4. The maximum atomic E-state index is 12.8. The van der Waals surface area contributed by atoms with Crippen molar-refractivity contribution in [1.29, 1.82) is 0 Å². The van der Waals surface area contributed by atoms with Crippen LogP contribution in [0.4, 0.5) is 0 Å². The summed E-state index contributed by atoms with van der Waals surface area (Å²) in [5, 5.41) is 25.1. The molecule has 0 aliphatic carbocycles. The number of H-pyrrole nitrogens is 1. The van der Waals surface area contributed by atoms with E-state index in [0.717, 1.165) is 0 Å². The number of hydrogen-bond acceptors (Lipinski definition) is 9. The summed E-state index contributed by atoms with van der Waals surface area (Å²) < 4.78 is 0. The third-order valence-electron chi connectivity index (χ3n) is 4.73. The van der Waals surface area contributed by atoms with E-state index in [4.69, 9.17) is 16.6 Å². The maximum Gasteiger partial charge on any atom is 0.326 e. The predicted octanol–water partition coefficient (Wildman–Crippen LogP) is -3.12. The van der Waals surface area contributed by atoms with Crippen LogP contribution in [0.1, 0.15) is 31.4 Å². The summed E-state index contributed by atoms with van der Waals surface area (Å²) in [6, 6.07) is -5.19. The minimum atomic E-state index is -1.33. The highest BCUT2D eigenvalue weighted by Crippen LogP contribution is 2.04. The van der Waals surface area contributed by atoms with E-state index in [1.807, 2.05) is 0 Å². The normalized spacial score (nSPS) is 14.1. The summed E-state index contributed by atoms with van der Waals surface area (Å²) in [5.74, 6) is -6.02. The van der Waals surface area contributed by atoms with Crippen molar-refractivity contribution in [2.45, 2.75) is 56.3 Å². The van der Waals surface area contributed by atoms with Gasteiger partial charge in [0.15, 0.2) is 0 Å². The molecule has 1 rings (SSSR count). The number of aromatic nitrogens is 2. The van der Waals surface area contributed by atoms with E-state index in [1.54, 1.807) is 0 Å². The first-order valence-electron chi connectivity index (χ1n) is 10.4. The molecule has 1 aromatic heterocycles. The van der Waals surface area contributed by atoms with Gasteiger partial charge in [-0.1, -0.05) is 0 Å². The molecule has 4 atom stereocenters. The Balaban J connectivity index is 2.85. The second-order valence-corrected chi connectivity index (χ2v) is 7.89. The lowest BCUT2D eigenvalue weighted by Gasteiger charge is -2.24. The molecule has 0 bridgehead atoms. The SMILES string of the molecule is NC(=O)CCC(NC(=O)C(N)CCC(=O)O)C(=O)NC(CS)C(=O)NC(Cc1cnc[nH]1)C(=O)O. The average molecular weight is 516 g/mol. The average Bonchev–Trinajstić information content (AvgIpc) is 3.30. The van der Waals surface area contributed by atoms with Gasteiger partial charge in [-0.3, -0.25) is 24.0 Å². The lowest BCUT2D eigenvalue weighted by molar-refractivity contribution is -0.142. The lowest BCUT2D eigenvalue weighted by atomic mass is 10.1. The van der Waals surface area contributed by atoms with Crippen molar-refractivity contribution in [3.8, 4) is 0 Å². The highest BCUT2D eigenvalue weighted by atomic mass is 32.1. The monoisotopic (exact) mass is 515 g/mol. The van der Waals surface area contributed by atoms with Crippen molar-refractivity contribution >= 4 is 48.2 Å². The van der Waals surface area contributed by atoms with E-state index < -0.39 is 59.7 Å². The van der Waals surface area contributed by atoms with Gasteiger partial charge >= 0.3 is 11.9 Å². The van der Waals surface area contributed by atoms with Gasteiger partial charge in [-0.15, -0.1) is 0 Å². The van der Waals surface area contributed by atoms with Crippen molar-refractivity contribution in [3.05, 3.63) is 18.2 Å². The number of nitrogens with two attached hydrogens (primary N) is 2. The molecule has 35 heavy (non-hydrogen) atoms. The molecule has 10 N–H and O–H groups in total. The molecule has 0 spiro atoms. The van der Waals surface area contributed by atoms with Crippen LogP contribution in [0.3, 0.4) is 0 Å². The highest BCUT2D eigenvalue weighted by molar-refractivity contribution is 7.80. The Labute approximate surface area is 205 Å². The Morgan fingerprint density at radius 3 is 2.06 bits per heavy atom. The van der Waals surface area contributed by atoms with Gasteiger partial charge in [0.25, 0.3) is 0 Å². The van der Waals surface area contributed by atoms with Crippen molar-refractivity contribution < 1.29 is 39.0 Å². The van der Waals surface area contributed by atoms with Crippen LogP contribution < -0.4 is 27.4 Å². The van der Waals surface area contributed by atoms with Gasteiger partial charge in [0, 0.05) is 36.9 Å². The smallest absolute Gasteiger partial charge is 0.326 e. The molecular formula is C19H29N7O8S. The number of carbonyl (C=O) groups excluding carboxylic acids is 4. The Bertz CT molecular complexity index is 911. The van der Waals surface area contributed by atoms with Crippen molar-refractivity contribution in [2.24, 2.45) is 11.5 Å². The number of amides is 4. The zero-order valence-electron chi connectivity index (χ0n) is 18.6. The van der Waals surface area contributed by atoms with Gasteiger partial charge in [0.2, 0.25) is 23.6 Å². The van der Waals surface area contributed by atoms with Crippen molar-refractivity contribution in [2.75, 3.05) is 5.75 Å². The summed E-state index contributed by atoms with van der Waals surface area (Å²) in [6.07, 6.45) is 1.56. The number of rotatable bonds is 16. The second-order valence-electron chi connectivity index (χ2n) is 7.53. The number of carboxylic acids is 2. The number of aromatic amines is 1. The summed E-state index contributed by atoms with van der Waals surface area (Å²) in [5.41, 5.74) is 11.2. The maximum absolute atomic E-state index is 12.8. The molecule has 0 saturated heterocycles. The molecule has 0 radical (unpaired) electrons. The van der Waals surface area contributed by atoms with Crippen LogP contribution in [-0.2, 0) is 35.2 Å². The van der Waals surface area contributed by atoms with Crippen LogP contribution in [0.2, 0.25) is 0 Å². The van der Waals surface area contributed by atoms with Crippen LogP contribution in [-0.4, -0.2) is 85.7 Å². The fourth-order valence-electron chi connectivity index (χ4n) is 2.80. The zero-order chi connectivity index (χ0) is 26.5. The molecule has 0 aromatic carbocycles. The fourth-order valence-corrected chi connectivity index (χ4v) is 3.06. The number of imidazole rings is 1. The van der Waals surface area contributed by atoms with Gasteiger partial charge in [-0.25, -0.2) is 9.78 Å². The van der Waals surface area contributed by atoms with E-state index >= 15 is 0 Å². The molecule has 4 unspecified atom stereocenters.